The van der Waals surface area contributed by atoms with E-state index in [0.29, 0.717) is 11.9 Å². The van der Waals surface area contributed by atoms with E-state index in [1.54, 1.807) is 0 Å². The normalized spacial score (nSPS) is 15.0. The van der Waals surface area contributed by atoms with Gasteiger partial charge in [-0.25, -0.2) is 14.6 Å². The number of para-hydroxylation sites is 1. The standard InChI is InChI=1S/C15H16N6/c16-13-12-14(19-10-5-2-1-3-6-10)20-21(11-7-4-8-11)15(12)18-9-17-13/h1-3,5-6,9,11H,4,7-8H2,(H,19,20)(H2,16,17,18). The first-order valence-corrected chi connectivity index (χ1v) is 7.13. The first-order chi connectivity index (χ1) is 10.3. The fourth-order valence-electron chi connectivity index (χ4n) is 2.63. The van der Waals surface area contributed by atoms with Gasteiger partial charge in [-0.2, -0.15) is 5.10 Å². The molecule has 0 saturated heterocycles. The van der Waals surface area contributed by atoms with E-state index < -0.39 is 0 Å². The average molecular weight is 280 g/mol. The van der Waals surface area contributed by atoms with Gasteiger partial charge >= 0.3 is 0 Å². The van der Waals surface area contributed by atoms with Crippen molar-refractivity contribution >= 4 is 28.4 Å². The molecule has 0 atom stereocenters. The Balaban J connectivity index is 1.84. The lowest BCUT2D eigenvalue weighted by Crippen LogP contribution is -2.18. The van der Waals surface area contributed by atoms with Gasteiger partial charge in [0.05, 0.1) is 6.04 Å². The fraction of sp³-hybridized carbons (Fsp3) is 0.267. The van der Waals surface area contributed by atoms with Gasteiger partial charge in [-0.1, -0.05) is 18.2 Å². The Morgan fingerprint density at radius 3 is 2.67 bits per heavy atom. The highest BCUT2D eigenvalue weighted by atomic mass is 15.4. The lowest BCUT2D eigenvalue weighted by Gasteiger charge is -2.25. The number of rotatable bonds is 3. The lowest BCUT2D eigenvalue weighted by atomic mass is 9.93. The van der Waals surface area contributed by atoms with Crippen molar-refractivity contribution in [2.75, 3.05) is 11.1 Å². The number of anilines is 3. The summed E-state index contributed by atoms with van der Waals surface area (Å²) in [7, 11) is 0. The maximum absolute atomic E-state index is 6.04. The molecule has 1 saturated carbocycles. The zero-order valence-corrected chi connectivity index (χ0v) is 11.5. The molecule has 6 heteroatoms. The van der Waals surface area contributed by atoms with Crippen molar-refractivity contribution in [1.82, 2.24) is 19.7 Å². The maximum Gasteiger partial charge on any atom is 0.165 e. The van der Waals surface area contributed by atoms with Gasteiger partial charge in [0.25, 0.3) is 0 Å². The van der Waals surface area contributed by atoms with E-state index in [-0.39, 0.29) is 0 Å². The van der Waals surface area contributed by atoms with Crippen LogP contribution in [0.25, 0.3) is 11.0 Å². The Morgan fingerprint density at radius 2 is 1.95 bits per heavy atom. The summed E-state index contributed by atoms with van der Waals surface area (Å²) in [6.45, 7) is 0. The summed E-state index contributed by atoms with van der Waals surface area (Å²) in [4.78, 5) is 8.48. The molecule has 0 amide bonds. The molecule has 0 unspecified atom stereocenters. The van der Waals surface area contributed by atoms with Gasteiger partial charge in [-0.15, -0.1) is 0 Å². The highest BCUT2D eigenvalue weighted by molar-refractivity contribution is 5.97. The van der Waals surface area contributed by atoms with Gasteiger partial charge in [0, 0.05) is 5.69 Å². The quantitative estimate of drug-likeness (QED) is 0.771. The van der Waals surface area contributed by atoms with Crippen LogP contribution in [0, 0.1) is 0 Å². The van der Waals surface area contributed by atoms with Gasteiger partial charge < -0.3 is 11.1 Å². The minimum absolute atomic E-state index is 0.424. The molecular formula is C15H16N6. The molecule has 2 heterocycles. The average Bonchev–Trinajstić information content (AvgIpc) is 2.78. The van der Waals surface area contributed by atoms with E-state index in [1.165, 1.54) is 12.7 Å². The summed E-state index contributed by atoms with van der Waals surface area (Å²) in [5, 5.41) is 8.81. The van der Waals surface area contributed by atoms with Crippen molar-refractivity contribution < 1.29 is 0 Å². The van der Waals surface area contributed by atoms with E-state index >= 15 is 0 Å². The Hall–Kier alpha value is -2.63. The van der Waals surface area contributed by atoms with Crippen LogP contribution in [0.5, 0.6) is 0 Å². The predicted octanol–water partition coefficient (Wildman–Crippen LogP) is 2.88. The molecule has 1 fully saturated rings. The van der Waals surface area contributed by atoms with E-state index in [2.05, 4.69) is 15.3 Å². The van der Waals surface area contributed by atoms with E-state index in [4.69, 9.17) is 10.8 Å². The summed E-state index contributed by atoms with van der Waals surface area (Å²) in [6, 6.07) is 10.4. The minimum Gasteiger partial charge on any atom is -0.383 e. The van der Waals surface area contributed by atoms with Crippen molar-refractivity contribution in [3.63, 3.8) is 0 Å². The molecule has 1 aliphatic rings. The van der Waals surface area contributed by atoms with Crippen molar-refractivity contribution in [1.29, 1.82) is 0 Å². The van der Waals surface area contributed by atoms with Crippen molar-refractivity contribution in [2.45, 2.75) is 25.3 Å². The predicted molar refractivity (Wildman–Crippen MR) is 82.3 cm³/mol. The molecule has 0 bridgehead atoms. The molecular weight excluding hydrogens is 264 g/mol. The molecule has 6 nitrogen and oxygen atoms in total. The molecule has 3 N–H and O–H groups in total. The van der Waals surface area contributed by atoms with Gasteiger partial charge in [-0.05, 0) is 31.4 Å². The van der Waals surface area contributed by atoms with E-state index in [1.807, 2.05) is 35.0 Å². The highest BCUT2D eigenvalue weighted by Crippen LogP contribution is 2.36. The van der Waals surface area contributed by atoms with Crippen LogP contribution in [0.4, 0.5) is 17.3 Å². The third kappa shape index (κ3) is 1.99. The molecule has 3 aromatic rings. The number of aromatic nitrogens is 4. The van der Waals surface area contributed by atoms with Crippen molar-refractivity contribution in [3.8, 4) is 0 Å². The van der Waals surface area contributed by atoms with Gasteiger partial charge in [0.1, 0.15) is 17.5 Å². The van der Waals surface area contributed by atoms with Gasteiger partial charge in [0.15, 0.2) is 11.5 Å². The molecule has 0 aliphatic heterocycles. The molecule has 0 spiro atoms. The smallest absolute Gasteiger partial charge is 0.165 e. The van der Waals surface area contributed by atoms with Crippen LogP contribution in [0.2, 0.25) is 0 Å². The molecule has 106 valence electrons. The van der Waals surface area contributed by atoms with E-state index in [0.717, 1.165) is 35.4 Å². The molecule has 1 aromatic carbocycles. The molecule has 21 heavy (non-hydrogen) atoms. The van der Waals surface area contributed by atoms with Crippen LogP contribution < -0.4 is 11.1 Å². The van der Waals surface area contributed by atoms with Crippen molar-refractivity contribution in [3.05, 3.63) is 36.7 Å². The zero-order chi connectivity index (χ0) is 14.2. The van der Waals surface area contributed by atoms with Crippen LogP contribution in [-0.2, 0) is 0 Å². The second-order valence-electron chi connectivity index (χ2n) is 5.33. The lowest BCUT2D eigenvalue weighted by molar-refractivity contribution is 0.296. The second-order valence-corrected chi connectivity index (χ2v) is 5.33. The Bertz CT molecular complexity index is 775. The number of hydrogen-bond acceptors (Lipinski definition) is 5. The summed E-state index contributed by atoms with van der Waals surface area (Å²) in [5.74, 6) is 1.19. The minimum atomic E-state index is 0.424. The number of fused-ring (bicyclic) bond motifs is 1. The SMILES string of the molecule is Nc1ncnc2c1c(Nc1ccccc1)nn2C1CCC1. The van der Waals surface area contributed by atoms with Crippen LogP contribution in [0.1, 0.15) is 25.3 Å². The number of benzene rings is 1. The number of nitrogen functional groups attached to an aromatic ring is 1. The summed E-state index contributed by atoms with van der Waals surface area (Å²) >= 11 is 0. The van der Waals surface area contributed by atoms with Crippen LogP contribution in [-0.4, -0.2) is 19.7 Å². The van der Waals surface area contributed by atoms with Crippen LogP contribution in [0.15, 0.2) is 36.7 Å². The summed E-state index contributed by atoms with van der Waals surface area (Å²) in [5.41, 5.74) is 7.82. The first kappa shape index (κ1) is 12.1. The Labute approximate surface area is 122 Å². The third-order valence-electron chi connectivity index (χ3n) is 3.98. The molecule has 1 aliphatic carbocycles. The third-order valence-corrected chi connectivity index (χ3v) is 3.98. The molecule has 4 rings (SSSR count). The number of hydrogen-bond donors (Lipinski definition) is 2. The first-order valence-electron chi connectivity index (χ1n) is 7.13. The zero-order valence-electron chi connectivity index (χ0n) is 11.5. The fourth-order valence-corrected chi connectivity index (χ4v) is 2.63. The monoisotopic (exact) mass is 280 g/mol. The number of nitrogens with zero attached hydrogens (tertiary/aromatic N) is 4. The van der Waals surface area contributed by atoms with Crippen molar-refractivity contribution in [2.24, 2.45) is 0 Å². The Morgan fingerprint density at radius 1 is 1.14 bits per heavy atom. The Kier molecular flexibility index (Phi) is 2.73. The summed E-state index contributed by atoms with van der Waals surface area (Å²) < 4.78 is 1.99. The number of nitrogens with two attached hydrogens (primary N) is 1. The van der Waals surface area contributed by atoms with Crippen LogP contribution in [0.3, 0.4) is 0 Å². The van der Waals surface area contributed by atoms with Gasteiger partial charge in [-0.3, -0.25) is 0 Å². The van der Waals surface area contributed by atoms with Gasteiger partial charge in [0.2, 0.25) is 0 Å². The maximum atomic E-state index is 6.04. The molecule has 2 aromatic heterocycles. The topological polar surface area (TPSA) is 81.7 Å². The second kappa shape index (κ2) is 4.73. The summed E-state index contributed by atoms with van der Waals surface area (Å²) in [6.07, 6.45) is 5.03. The number of nitrogens with one attached hydrogen (secondary N) is 1. The highest BCUT2D eigenvalue weighted by Gasteiger charge is 2.25. The van der Waals surface area contributed by atoms with Crippen LogP contribution >= 0.6 is 0 Å². The van der Waals surface area contributed by atoms with E-state index in [9.17, 15) is 0 Å². The molecule has 0 radical (unpaired) electrons. The largest absolute Gasteiger partial charge is 0.383 e.